The molecule has 104 valence electrons. The molecule has 0 spiro atoms. The molecule has 0 aliphatic heterocycles. The summed E-state index contributed by atoms with van der Waals surface area (Å²) in [5.41, 5.74) is -1.93. The normalized spacial score (nSPS) is 11.4. The van der Waals surface area contributed by atoms with Gasteiger partial charge in [-0.15, -0.1) is 0 Å². The fraction of sp³-hybridized carbons (Fsp3) is 0.0769. The average Bonchev–Trinajstić information content (AvgIpc) is 2.37. The van der Waals surface area contributed by atoms with Gasteiger partial charge in [0.25, 0.3) is 0 Å². The van der Waals surface area contributed by atoms with E-state index in [-0.39, 0.29) is 11.1 Å². The minimum absolute atomic E-state index is 0.0655. The lowest BCUT2D eigenvalue weighted by atomic mass is 9.99. The van der Waals surface area contributed by atoms with Crippen LogP contribution in [0.15, 0.2) is 36.7 Å². The second-order valence-electron chi connectivity index (χ2n) is 3.93. The van der Waals surface area contributed by atoms with E-state index in [1.54, 1.807) is 0 Å². The number of carboxylic acid groups (broad SMARTS) is 1. The van der Waals surface area contributed by atoms with Crippen molar-refractivity contribution in [3.8, 4) is 11.1 Å². The quantitative estimate of drug-likeness (QED) is 0.858. The molecule has 7 heteroatoms. The SMILES string of the molecule is O=C(O)c1c(F)cncc1-c1cccc(C(F)(F)F)c1. The molecule has 2 rings (SSSR count). The van der Waals surface area contributed by atoms with Gasteiger partial charge in [-0.3, -0.25) is 4.98 Å². The Labute approximate surface area is 110 Å². The van der Waals surface area contributed by atoms with Gasteiger partial charge >= 0.3 is 12.1 Å². The molecular formula is C13H7F4NO2. The first kappa shape index (κ1) is 14.0. The van der Waals surface area contributed by atoms with Crippen molar-refractivity contribution in [1.29, 1.82) is 0 Å². The van der Waals surface area contributed by atoms with Crippen molar-refractivity contribution in [2.45, 2.75) is 6.18 Å². The number of aromatic carboxylic acids is 1. The Morgan fingerprint density at radius 2 is 1.90 bits per heavy atom. The van der Waals surface area contributed by atoms with Crippen molar-refractivity contribution in [3.63, 3.8) is 0 Å². The lowest BCUT2D eigenvalue weighted by molar-refractivity contribution is -0.137. The first-order valence-electron chi connectivity index (χ1n) is 5.35. The van der Waals surface area contributed by atoms with Gasteiger partial charge in [-0.2, -0.15) is 13.2 Å². The molecule has 0 bridgehead atoms. The summed E-state index contributed by atoms with van der Waals surface area (Å²) < 4.78 is 51.3. The number of pyridine rings is 1. The molecule has 1 aromatic carbocycles. The van der Waals surface area contributed by atoms with Crippen molar-refractivity contribution in [2.24, 2.45) is 0 Å². The minimum Gasteiger partial charge on any atom is -0.478 e. The molecule has 0 saturated carbocycles. The van der Waals surface area contributed by atoms with Gasteiger partial charge in [0, 0.05) is 11.8 Å². The van der Waals surface area contributed by atoms with Crippen molar-refractivity contribution in [2.75, 3.05) is 0 Å². The van der Waals surface area contributed by atoms with E-state index in [1.807, 2.05) is 0 Å². The topological polar surface area (TPSA) is 50.2 Å². The van der Waals surface area contributed by atoms with Crippen LogP contribution in [0.25, 0.3) is 11.1 Å². The van der Waals surface area contributed by atoms with Crippen LogP contribution in [-0.4, -0.2) is 16.1 Å². The number of halogens is 4. The number of benzene rings is 1. The molecule has 0 radical (unpaired) electrons. The lowest BCUT2D eigenvalue weighted by Gasteiger charge is -2.10. The number of rotatable bonds is 2. The summed E-state index contributed by atoms with van der Waals surface area (Å²) in [7, 11) is 0. The predicted octanol–water partition coefficient (Wildman–Crippen LogP) is 3.60. The Hall–Kier alpha value is -2.44. The van der Waals surface area contributed by atoms with E-state index in [2.05, 4.69) is 4.98 Å². The van der Waals surface area contributed by atoms with Gasteiger partial charge in [-0.25, -0.2) is 9.18 Å². The van der Waals surface area contributed by atoms with Gasteiger partial charge in [0.1, 0.15) is 5.56 Å². The van der Waals surface area contributed by atoms with E-state index in [9.17, 15) is 22.4 Å². The number of nitrogens with zero attached hydrogens (tertiary/aromatic N) is 1. The second-order valence-corrected chi connectivity index (χ2v) is 3.93. The summed E-state index contributed by atoms with van der Waals surface area (Å²) in [6.45, 7) is 0. The van der Waals surface area contributed by atoms with Gasteiger partial charge in [-0.1, -0.05) is 12.1 Å². The Balaban J connectivity index is 2.64. The Morgan fingerprint density at radius 1 is 1.20 bits per heavy atom. The van der Waals surface area contributed by atoms with E-state index in [0.717, 1.165) is 24.4 Å². The molecule has 0 unspecified atom stereocenters. The molecular weight excluding hydrogens is 278 g/mol. The number of alkyl halides is 3. The summed E-state index contributed by atoms with van der Waals surface area (Å²) in [4.78, 5) is 14.5. The summed E-state index contributed by atoms with van der Waals surface area (Å²) in [5.74, 6) is -2.68. The highest BCUT2D eigenvalue weighted by molar-refractivity contribution is 5.96. The lowest BCUT2D eigenvalue weighted by Crippen LogP contribution is -2.07. The average molecular weight is 285 g/mol. The number of hydrogen-bond acceptors (Lipinski definition) is 2. The molecule has 0 saturated heterocycles. The molecule has 3 nitrogen and oxygen atoms in total. The van der Waals surface area contributed by atoms with Crippen LogP contribution in [0.5, 0.6) is 0 Å². The monoisotopic (exact) mass is 285 g/mol. The maximum absolute atomic E-state index is 13.5. The third-order valence-electron chi connectivity index (χ3n) is 2.61. The van der Waals surface area contributed by atoms with Crippen molar-refractivity contribution in [3.05, 3.63) is 53.6 Å². The van der Waals surface area contributed by atoms with E-state index in [1.165, 1.54) is 6.07 Å². The van der Waals surface area contributed by atoms with Gasteiger partial charge < -0.3 is 5.11 Å². The molecule has 20 heavy (non-hydrogen) atoms. The van der Waals surface area contributed by atoms with Crippen LogP contribution in [-0.2, 0) is 6.18 Å². The molecule has 0 aliphatic carbocycles. The molecule has 0 fully saturated rings. The van der Waals surface area contributed by atoms with Crippen molar-refractivity contribution >= 4 is 5.97 Å². The Morgan fingerprint density at radius 3 is 2.50 bits per heavy atom. The molecule has 0 atom stereocenters. The summed E-state index contributed by atoms with van der Waals surface area (Å²) in [5, 5.41) is 8.95. The Bertz CT molecular complexity index is 668. The molecule has 0 aliphatic rings. The van der Waals surface area contributed by atoms with E-state index >= 15 is 0 Å². The third-order valence-corrected chi connectivity index (χ3v) is 2.61. The minimum atomic E-state index is -4.57. The molecule has 1 N–H and O–H groups in total. The highest BCUT2D eigenvalue weighted by atomic mass is 19.4. The Kier molecular flexibility index (Phi) is 3.44. The van der Waals surface area contributed by atoms with Crippen molar-refractivity contribution in [1.82, 2.24) is 4.98 Å². The molecule has 2 aromatic rings. The fourth-order valence-corrected chi connectivity index (χ4v) is 1.73. The van der Waals surface area contributed by atoms with Gasteiger partial charge in [0.15, 0.2) is 5.82 Å². The predicted molar refractivity (Wildman–Crippen MR) is 61.6 cm³/mol. The first-order chi connectivity index (χ1) is 9.30. The standard InChI is InChI=1S/C13H7F4NO2/c14-10-6-18-5-9(11(10)12(19)20)7-2-1-3-8(4-7)13(15,16)17/h1-6H,(H,19,20). The van der Waals surface area contributed by atoms with E-state index in [0.29, 0.717) is 6.20 Å². The number of aromatic nitrogens is 1. The zero-order valence-corrected chi connectivity index (χ0v) is 9.78. The van der Waals surface area contributed by atoms with Crippen LogP contribution < -0.4 is 0 Å². The van der Waals surface area contributed by atoms with Gasteiger partial charge in [0.05, 0.1) is 11.8 Å². The van der Waals surface area contributed by atoms with Crippen LogP contribution in [0.3, 0.4) is 0 Å². The zero-order chi connectivity index (χ0) is 14.9. The third kappa shape index (κ3) is 2.61. The van der Waals surface area contributed by atoms with E-state index < -0.39 is 29.1 Å². The largest absolute Gasteiger partial charge is 0.478 e. The highest BCUT2D eigenvalue weighted by Crippen LogP contribution is 2.33. The molecule has 1 heterocycles. The van der Waals surface area contributed by atoms with Crippen LogP contribution in [0.2, 0.25) is 0 Å². The van der Waals surface area contributed by atoms with Gasteiger partial charge in [0.2, 0.25) is 0 Å². The van der Waals surface area contributed by atoms with Crippen LogP contribution >= 0.6 is 0 Å². The number of carboxylic acids is 1. The highest BCUT2D eigenvalue weighted by Gasteiger charge is 2.31. The molecule has 0 amide bonds. The molecule has 1 aromatic heterocycles. The smallest absolute Gasteiger partial charge is 0.416 e. The number of hydrogen-bond donors (Lipinski definition) is 1. The second kappa shape index (κ2) is 4.92. The maximum atomic E-state index is 13.5. The zero-order valence-electron chi connectivity index (χ0n) is 9.78. The maximum Gasteiger partial charge on any atom is 0.416 e. The summed E-state index contributed by atoms with van der Waals surface area (Å²) >= 11 is 0. The van der Waals surface area contributed by atoms with E-state index in [4.69, 9.17) is 5.11 Å². The summed E-state index contributed by atoms with van der Waals surface area (Å²) in [6.07, 6.45) is -2.86. The summed E-state index contributed by atoms with van der Waals surface area (Å²) in [6, 6.07) is 3.98. The van der Waals surface area contributed by atoms with Crippen LogP contribution in [0.1, 0.15) is 15.9 Å². The fourth-order valence-electron chi connectivity index (χ4n) is 1.73. The first-order valence-corrected chi connectivity index (χ1v) is 5.35. The number of carbonyl (C=O) groups is 1. The van der Waals surface area contributed by atoms with Gasteiger partial charge in [-0.05, 0) is 17.7 Å². The van der Waals surface area contributed by atoms with Crippen LogP contribution in [0, 0.1) is 5.82 Å². The van der Waals surface area contributed by atoms with Crippen LogP contribution in [0.4, 0.5) is 17.6 Å². The van der Waals surface area contributed by atoms with Crippen molar-refractivity contribution < 1.29 is 27.5 Å².